The van der Waals surface area contributed by atoms with Gasteiger partial charge in [0.25, 0.3) is 0 Å². The lowest BCUT2D eigenvalue weighted by Gasteiger charge is -2.26. The molecule has 0 fully saturated rings. The molecule has 7 nitrogen and oxygen atoms in total. The summed E-state index contributed by atoms with van der Waals surface area (Å²) in [7, 11) is 0. The molecule has 3 aromatic carbocycles. The van der Waals surface area contributed by atoms with Gasteiger partial charge >= 0.3 is 0 Å². The van der Waals surface area contributed by atoms with Crippen LogP contribution in [0.1, 0.15) is 59.3 Å². The fourth-order valence-corrected chi connectivity index (χ4v) is 5.67. The molecular weight excluding hydrogens is 536 g/mol. The van der Waals surface area contributed by atoms with Crippen molar-refractivity contribution in [3.63, 3.8) is 0 Å². The third-order valence-corrected chi connectivity index (χ3v) is 8.22. The highest BCUT2D eigenvalue weighted by molar-refractivity contribution is 5.58. The lowest BCUT2D eigenvalue weighted by Crippen LogP contribution is -2.96. The Kier molecular flexibility index (Phi) is 15.4. The average molecular weight is 592 g/mol. The molecule has 0 unspecified atom stereocenters. The molecule has 3 rings (SSSR count). The molecule has 236 valence electrons. The summed E-state index contributed by atoms with van der Waals surface area (Å²) in [5.41, 5.74) is 7.16. The Bertz CT molecular complexity index is 992. The Labute approximate surface area is 260 Å². The molecule has 0 amide bonds. The fourth-order valence-electron chi connectivity index (χ4n) is 5.67. The first-order valence-corrected chi connectivity index (χ1v) is 16.4. The van der Waals surface area contributed by atoms with Crippen molar-refractivity contribution in [2.24, 2.45) is 0 Å². The van der Waals surface area contributed by atoms with Crippen LogP contribution in [0.15, 0.2) is 72.8 Å². The summed E-state index contributed by atoms with van der Waals surface area (Å²) in [6.45, 7) is 12.9. The molecule has 3 aromatic rings. The third-order valence-electron chi connectivity index (χ3n) is 8.22. The van der Waals surface area contributed by atoms with E-state index in [4.69, 9.17) is 0 Å². The van der Waals surface area contributed by atoms with Crippen LogP contribution in [0, 0.1) is 0 Å². The first kappa shape index (κ1) is 34.4. The van der Waals surface area contributed by atoms with Gasteiger partial charge in [-0.3, -0.25) is 0 Å². The molecule has 0 saturated heterocycles. The number of benzene rings is 3. The van der Waals surface area contributed by atoms with Crippen molar-refractivity contribution in [2.75, 3.05) is 73.8 Å². The molecule has 0 bridgehead atoms. The molecule has 0 aliphatic carbocycles. The molecule has 0 aliphatic heterocycles. The number of anilines is 3. The highest BCUT2D eigenvalue weighted by atomic mass is 16.3. The van der Waals surface area contributed by atoms with Crippen molar-refractivity contribution in [2.45, 2.75) is 59.3 Å². The van der Waals surface area contributed by atoms with Gasteiger partial charge in [0.2, 0.25) is 0 Å². The number of nitrogens with one attached hydrogen (secondary N) is 1. The molecule has 43 heavy (non-hydrogen) atoms. The minimum Gasteiger partial charge on any atom is -0.396 e. The van der Waals surface area contributed by atoms with E-state index in [0.29, 0.717) is 0 Å². The third kappa shape index (κ3) is 10.2. The maximum atomic E-state index is 9.21. The number of rotatable bonds is 21. The quantitative estimate of drug-likeness (QED) is 0.120. The summed E-state index contributed by atoms with van der Waals surface area (Å²) in [5.74, 6) is 0. The van der Waals surface area contributed by atoms with Gasteiger partial charge in [0.1, 0.15) is 17.1 Å². The first-order valence-electron chi connectivity index (χ1n) is 16.4. The highest BCUT2D eigenvalue weighted by Gasteiger charge is 2.21. The molecule has 0 spiro atoms. The zero-order valence-corrected chi connectivity index (χ0v) is 26.7. The van der Waals surface area contributed by atoms with Crippen LogP contribution < -0.4 is 19.6 Å². The average Bonchev–Trinajstić information content (AvgIpc) is 3.05. The van der Waals surface area contributed by atoms with Crippen molar-refractivity contribution in [3.8, 4) is 0 Å². The smallest absolute Gasteiger partial charge is 0.141 e. The van der Waals surface area contributed by atoms with Gasteiger partial charge in [0.15, 0.2) is 0 Å². The Morgan fingerprint density at radius 2 is 0.674 bits per heavy atom. The van der Waals surface area contributed by atoms with Crippen LogP contribution in [0.3, 0.4) is 0 Å². The Morgan fingerprint density at radius 3 is 0.884 bits per heavy atom. The number of nitrogens with zero attached hydrogens (tertiary/aromatic N) is 3. The fraction of sp³-hybridized carbons (Fsp3) is 0.500. The largest absolute Gasteiger partial charge is 0.396 e. The van der Waals surface area contributed by atoms with E-state index in [9.17, 15) is 15.3 Å². The standard InChI is InChI=1S/C36H54N4O3/c1-4-37(25-7-10-28-41)31-13-19-34(20-14-31)40(35-21-15-32(16-22-35)38(5-2)26-8-11-29-42)36-23-17-33(18-24-36)39(6-3)27-9-12-30-43/h13-24,41-43H,4-12,25-30H2,1-3H3/p+1. The van der Waals surface area contributed by atoms with E-state index < -0.39 is 0 Å². The molecule has 0 saturated carbocycles. The maximum absolute atomic E-state index is 9.21. The van der Waals surface area contributed by atoms with Crippen LogP contribution >= 0.6 is 0 Å². The lowest BCUT2D eigenvalue weighted by atomic mass is 10.1. The van der Waals surface area contributed by atoms with E-state index in [1.807, 2.05) is 0 Å². The van der Waals surface area contributed by atoms with Gasteiger partial charge < -0.3 is 30.0 Å². The number of quaternary nitrogens is 1. The van der Waals surface area contributed by atoms with E-state index >= 15 is 0 Å². The van der Waals surface area contributed by atoms with E-state index in [1.54, 1.807) is 0 Å². The zero-order chi connectivity index (χ0) is 30.9. The molecule has 0 aliphatic rings. The van der Waals surface area contributed by atoms with Gasteiger partial charge in [-0.05, 0) is 95.7 Å². The molecule has 0 atom stereocenters. The van der Waals surface area contributed by atoms with Crippen LogP contribution in [0.25, 0.3) is 0 Å². The highest BCUT2D eigenvalue weighted by Crippen LogP contribution is 2.24. The Morgan fingerprint density at radius 1 is 0.419 bits per heavy atom. The summed E-state index contributed by atoms with van der Waals surface area (Å²) in [6.07, 6.45) is 5.41. The van der Waals surface area contributed by atoms with Crippen molar-refractivity contribution in [1.29, 1.82) is 0 Å². The van der Waals surface area contributed by atoms with Crippen molar-refractivity contribution < 1.29 is 20.2 Å². The monoisotopic (exact) mass is 591 g/mol. The van der Waals surface area contributed by atoms with Crippen LogP contribution in [-0.2, 0) is 0 Å². The van der Waals surface area contributed by atoms with E-state index in [-0.39, 0.29) is 19.8 Å². The summed E-state index contributed by atoms with van der Waals surface area (Å²) < 4.78 is 0. The number of unbranched alkanes of at least 4 members (excludes halogenated alkanes) is 3. The summed E-state index contributed by atoms with van der Waals surface area (Å²) in [6, 6.07) is 26.8. The SMILES string of the molecule is CCN(CCCCO)c1ccc([NH+](c2ccc(N(CC)CCCCO)cc2)c2ccc(N(CC)CCCCO)cc2)cc1. The van der Waals surface area contributed by atoms with Crippen LogP contribution in [0.5, 0.6) is 0 Å². The summed E-state index contributed by atoms with van der Waals surface area (Å²) in [5, 5.41) is 27.6. The molecular formula is C36H55N4O3+. The molecule has 0 aromatic heterocycles. The van der Waals surface area contributed by atoms with Gasteiger partial charge in [-0.1, -0.05) is 0 Å². The second kappa shape index (κ2) is 19.2. The van der Waals surface area contributed by atoms with Crippen molar-refractivity contribution in [3.05, 3.63) is 72.8 Å². The zero-order valence-electron chi connectivity index (χ0n) is 26.7. The molecule has 4 N–H and O–H groups in total. The number of aliphatic hydroxyl groups excluding tert-OH is 3. The van der Waals surface area contributed by atoms with Gasteiger partial charge in [0, 0.05) is 113 Å². The maximum Gasteiger partial charge on any atom is 0.141 e. The number of hydrogen-bond acceptors (Lipinski definition) is 6. The topological polar surface area (TPSA) is 74.8 Å². The van der Waals surface area contributed by atoms with Crippen LogP contribution in [0.2, 0.25) is 0 Å². The second-order valence-electron chi connectivity index (χ2n) is 11.0. The van der Waals surface area contributed by atoms with E-state index in [0.717, 1.165) is 77.8 Å². The van der Waals surface area contributed by atoms with Gasteiger partial charge in [0.05, 0.1) is 0 Å². The molecule has 7 heteroatoms. The van der Waals surface area contributed by atoms with E-state index in [1.165, 1.54) is 39.0 Å². The number of hydrogen-bond donors (Lipinski definition) is 4. The minimum absolute atomic E-state index is 0.240. The number of aliphatic hydroxyl groups is 3. The summed E-state index contributed by atoms with van der Waals surface area (Å²) >= 11 is 0. The van der Waals surface area contributed by atoms with Crippen molar-refractivity contribution in [1.82, 2.24) is 0 Å². The molecule has 0 radical (unpaired) electrons. The van der Waals surface area contributed by atoms with Crippen molar-refractivity contribution >= 4 is 34.1 Å². The second-order valence-corrected chi connectivity index (χ2v) is 11.0. The first-order chi connectivity index (χ1) is 21.1. The van der Waals surface area contributed by atoms with E-state index in [2.05, 4.69) is 108 Å². The lowest BCUT2D eigenvalue weighted by molar-refractivity contribution is -0.681. The normalized spacial score (nSPS) is 11.2. The van der Waals surface area contributed by atoms with Gasteiger partial charge in [-0.25, -0.2) is 4.90 Å². The van der Waals surface area contributed by atoms with Gasteiger partial charge in [-0.15, -0.1) is 0 Å². The Hall–Kier alpha value is -3.10. The predicted octanol–water partition coefficient (Wildman–Crippen LogP) is 5.66. The Balaban J connectivity index is 1.92. The predicted molar refractivity (Wildman–Crippen MR) is 182 cm³/mol. The van der Waals surface area contributed by atoms with Crippen LogP contribution in [0.4, 0.5) is 34.1 Å². The minimum atomic E-state index is 0.240. The van der Waals surface area contributed by atoms with Gasteiger partial charge in [-0.2, -0.15) is 0 Å². The van der Waals surface area contributed by atoms with Crippen LogP contribution in [-0.4, -0.2) is 74.4 Å². The molecule has 0 heterocycles. The summed E-state index contributed by atoms with van der Waals surface area (Å²) in [4.78, 5) is 8.32.